The van der Waals surface area contributed by atoms with Crippen molar-refractivity contribution in [3.05, 3.63) is 23.5 Å². The fraction of sp³-hybridized carbons (Fsp3) is 0.143. The minimum absolute atomic E-state index is 0.0298. The molecule has 0 spiro atoms. The normalized spacial score (nSPS) is 9.18. The Balaban J connectivity index is 2.63. The van der Waals surface area contributed by atoms with Crippen LogP contribution in [0, 0.1) is 0 Å². The summed E-state index contributed by atoms with van der Waals surface area (Å²) >= 11 is 5.59. The minimum Gasteiger partial charge on any atom is -0.484 e. The molecule has 1 rings (SSSR count). The summed E-state index contributed by atoms with van der Waals surface area (Å²) in [6.07, 6.45) is 3.66. The first-order valence-corrected chi connectivity index (χ1v) is 3.37. The molecule has 1 aromatic heterocycles. The number of aromatic nitrogens is 1. The highest BCUT2D eigenvalue weighted by atomic mass is 35.5. The molecular weight excluding hydrogens is 166 g/mol. The molecule has 0 saturated heterocycles. The number of carbonyl (C=O) groups is 1. The number of aldehydes is 1. The average Bonchev–Trinajstić information content (AvgIpc) is 2.01. The van der Waals surface area contributed by atoms with E-state index in [9.17, 15) is 4.79 Å². The first kappa shape index (κ1) is 8.01. The van der Waals surface area contributed by atoms with Crippen molar-refractivity contribution < 1.29 is 9.53 Å². The summed E-state index contributed by atoms with van der Waals surface area (Å²) in [6.45, 7) is 0.0298. The summed E-state index contributed by atoms with van der Waals surface area (Å²) in [7, 11) is 0. The molecular formula is C7H6ClNO2. The zero-order valence-electron chi connectivity index (χ0n) is 5.66. The predicted octanol–water partition coefficient (Wildman–Crippen LogP) is 1.31. The van der Waals surface area contributed by atoms with Crippen LogP contribution >= 0.6 is 11.6 Å². The second-order valence-electron chi connectivity index (χ2n) is 1.82. The van der Waals surface area contributed by atoms with E-state index < -0.39 is 0 Å². The Kier molecular flexibility index (Phi) is 2.86. The third-order valence-electron chi connectivity index (χ3n) is 0.998. The fourth-order valence-electron chi connectivity index (χ4n) is 0.602. The minimum atomic E-state index is 0.0298. The maximum absolute atomic E-state index is 9.88. The van der Waals surface area contributed by atoms with Crippen LogP contribution < -0.4 is 4.74 Å². The number of ether oxygens (including phenoxy) is 1. The van der Waals surface area contributed by atoms with Gasteiger partial charge in [0.2, 0.25) is 0 Å². The zero-order chi connectivity index (χ0) is 8.10. The van der Waals surface area contributed by atoms with Crippen LogP contribution in [0.2, 0.25) is 5.02 Å². The lowest BCUT2D eigenvalue weighted by atomic mass is 10.5. The first-order chi connectivity index (χ1) is 5.33. The Bertz CT molecular complexity index is 252. The van der Waals surface area contributed by atoms with E-state index in [2.05, 4.69) is 4.98 Å². The van der Waals surface area contributed by atoms with E-state index in [1.54, 1.807) is 6.07 Å². The van der Waals surface area contributed by atoms with Crippen LogP contribution in [-0.4, -0.2) is 17.9 Å². The van der Waals surface area contributed by atoms with Crippen molar-refractivity contribution in [1.82, 2.24) is 4.98 Å². The van der Waals surface area contributed by atoms with Gasteiger partial charge >= 0.3 is 0 Å². The molecule has 0 aliphatic rings. The summed E-state index contributed by atoms with van der Waals surface area (Å²) in [5, 5.41) is 0.494. The van der Waals surface area contributed by atoms with Gasteiger partial charge in [0.15, 0.2) is 6.29 Å². The molecule has 0 radical (unpaired) electrons. The third kappa shape index (κ3) is 2.55. The van der Waals surface area contributed by atoms with Gasteiger partial charge in [0, 0.05) is 12.3 Å². The Morgan fingerprint density at radius 2 is 2.45 bits per heavy atom. The SMILES string of the molecule is O=CCOc1cncc(Cl)c1. The van der Waals surface area contributed by atoms with Gasteiger partial charge in [0.25, 0.3) is 0 Å². The summed E-state index contributed by atoms with van der Waals surface area (Å²) in [6, 6.07) is 1.60. The van der Waals surface area contributed by atoms with E-state index in [1.165, 1.54) is 12.4 Å². The van der Waals surface area contributed by atoms with E-state index in [4.69, 9.17) is 16.3 Å². The topological polar surface area (TPSA) is 39.2 Å². The quantitative estimate of drug-likeness (QED) is 0.644. The van der Waals surface area contributed by atoms with Crippen LogP contribution in [0.3, 0.4) is 0 Å². The monoisotopic (exact) mass is 171 g/mol. The number of carbonyl (C=O) groups excluding carboxylic acids is 1. The molecule has 1 heterocycles. The number of halogens is 1. The summed E-state index contributed by atoms with van der Waals surface area (Å²) < 4.78 is 4.92. The number of pyridine rings is 1. The van der Waals surface area contributed by atoms with Crippen molar-refractivity contribution in [3.8, 4) is 5.75 Å². The van der Waals surface area contributed by atoms with Gasteiger partial charge in [-0.05, 0) is 0 Å². The van der Waals surface area contributed by atoms with Gasteiger partial charge in [-0.2, -0.15) is 0 Å². The smallest absolute Gasteiger partial charge is 0.157 e. The van der Waals surface area contributed by atoms with Crippen LogP contribution in [0.4, 0.5) is 0 Å². The highest BCUT2D eigenvalue weighted by molar-refractivity contribution is 6.30. The zero-order valence-corrected chi connectivity index (χ0v) is 6.41. The van der Waals surface area contributed by atoms with Gasteiger partial charge in [-0.1, -0.05) is 11.6 Å². The molecule has 0 fully saturated rings. The molecule has 0 N–H and O–H groups in total. The van der Waals surface area contributed by atoms with E-state index in [-0.39, 0.29) is 6.61 Å². The van der Waals surface area contributed by atoms with E-state index in [0.29, 0.717) is 17.1 Å². The van der Waals surface area contributed by atoms with Crippen molar-refractivity contribution in [2.24, 2.45) is 0 Å². The molecule has 1 aromatic rings. The maximum Gasteiger partial charge on any atom is 0.157 e. The van der Waals surface area contributed by atoms with Crippen LogP contribution in [-0.2, 0) is 4.79 Å². The highest BCUT2D eigenvalue weighted by Gasteiger charge is 1.93. The Hall–Kier alpha value is -1.09. The Morgan fingerprint density at radius 1 is 1.64 bits per heavy atom. The van der Waals surface area contributed by atoms with E-state index in [0.717, 1.165) is 0 Å². The van der Waals surface area contributed by atoms with Gasteiger partial charge in [-0.25, -0.2) is 0 Å². The number of nitrogens with zero attached hydrogens (tertiary/aromatic N) is 1. The molecule has 0 unspecified atom stereocenters. The second-order valence-corrected chi connectivity index (χ2v) is 2.25. The van der Waals surface area contributed by atoms with Crippen molar-refractivity contribution in [3.63, 3.8) is 0 Å². The molecule has 4 heteroatoms. The van der Waals surface area contributed by atoms with Crippen LogP contribution in [0.15, 0.2) is 18.5 Å². The number of hydrogen-bond donors (Lipinski definition) is 0. The molecule has 0 aliphatic heterocycles. The van der Waals surface area contributed by atoms with Crippen molar-refractivity contribution in [2.45, 2.75) is 0 Å². The second kappa shape index (κ2) is 3.93. The molecule has 0 saturated carbocycles. The van der Waals surface area contributed by atoms with Crippen LogP contribution in [0.25, 0.3) is 0 Å². The molecule has 0 bridgehead atoms. The molecule has 0 aliphatic carbocycles. The fourth-order valence-corrected chi connectivity index (χ4v) is 0.765. The van der Waals surface area contributed by atoms with Crippen molar-refractivity contribution in [1.29, 1.82) is 0 Å². The molecule has 58 valence electrons. The van der Waals surface area contributed by atoms with Gasteiger partial charge in [-0.3, -0.25) is 9.78 Å². The first-order valence-electron chi connectivity index (χ1n) is 3.00. The number of rotatable bonds is 3. The third-order valence-corrected chi connectivity index (χ3v) is 1.20. The standard InChI is InChI=1S/C7H6ClNO2/c8-6-3-7(5-9-4-6)11-2-1-10/h1,3-5H,2H2. The highest BCUT2D eigenvalue weighted by Crippen LogP contribution is 2.14. The van der Waals surface area contributed by atoms with Gasteiger partial charge < -0.3 is 4.74 Å². The largest absolute Gasteiger partial charge is 0.484 e. The van der Waals surface area contributed by atoms with Gasteiger partial charge in [0.1, 0.15) is 12.4 Å². The predicted molar refractivity (Wildman–Crippen MR) is 40.8 cm³/mol. The summed E-state index contributed by atoms with van der Waals surface area (Å²) in [4.78, 5) is 13.6. The molecule has 0 amide bonds. The van der Waals surface area contributed by atoms with Crippen LogP contribution in [0.1, 0.15) is 0 Å². The molecule has 0 aromatic carbocycles. The van der Waals surface area contributed by atoms with E-state index in [1.807, 2.05) is 0 Å². The van der Waals surface area contributed by atoms with E-state index >= 15 is 0 Å². The van der Waals surface area contributed by atoms with Gasteiger partial charge in [0.05, 0.1) is 11.2 Å². The summed E-state index contributed by atoms with van der Waals surface area (Å²) in [5.41, 5.74) is 0. The molecule has 11 heavy (non-hydrogen) atoms. The Labute approximate surface area is 69.0 Å². The van der Waals surface area contributed by atoms with Gasteiger partial charge in [-0.15, -0.1) is 0 Å². The Morgan fingerprint density at radius 3 is 3.09 bits per heavy atom. The maximum atomic E-state index is 9.88. The lowest BCUT2D eigenvalue weighted by Crippen LogP contribution is -1.97. The number of hydrogen-bond acceptors (Lipinski definition) is 3. The van der Waals surface area contributed by atoms with Crippen LogP contribution in [0.5, 0.6) is 5.75 Å². The average molecular weight is 172 g/mol. The summed E-state index contributed by atoms with van der Waals surface area (Å²) in [5.74, 6) is 0.504. The molecule has 0 atom stereocenters. The molecule has 3 nitrogen and oxygen atoms in total. The van der Waals surface area contributed by atoms with Crippen molar-refractivity contribution in [2.75, 3.05) is 6.61 Å². The lowest BCUT2D eigenvalue weighted by molar-refractivity contribution is -0.109. The lowest BCUT2D eigenvalue weighted by Gasteiger charge is -1.99. The van der Waals surface area contributed by atoms with Crippen molar-refractivity contribution >= 4 is 17.9 Å².